The molecule has 1 aliphatic heterocycles. The molecule has 94 valence electrons. The molecule has 1 heterocycles. The maximum atomic E-state index is 11.4. The molecule has 0 aliphatic carbocycles. The van der Waals surface area contributed by atoms with E-state index in [-0.39, 0.29) is 11.0 Å². The minimum absolute atomic E-state index is 0.0450. The van der Waals surface area contributed by atoms with Crippen molar-refractivity contribution in [3.8, 4) is 0 Å². The molecule has 0 N–H and O–H groups in total. The van der Waals surface area contributed by atoms with E-state index in [0.717, 1.165) is 16.9 Å². The first-order valence-corrected chi connectivity index (χ1v) is 6.61. The van der Waals surface area contributed by atoms with Gasteiger partial charge in [0.1, 0.15) is 0 Å². The van der Waals surface area contributed by atoms with Gasteiger partial charge in [0.25, 0.3) is 0 Å². The zero-order valence-corrected chi connectivity index (χ0v) is 11.3. The molecule has 1 aromatic carbocycles. The van der Waals surface area contributed by atoms with E-state index >= 15 is 0 Å². The third-order valence-corrected chi connectivity index (χ3v) is 3.80. The summed E-state index contributed by atoms with van der Waals surface area (Å²) in [5.74, 6) is -0.0450. The standard InChI is InChI=1S/C14H15NO2S/c1-15(2)13(16)7-4-10-3-5-11-6-8-14(17)18-12(11)9-10/h3-5,7,9H,6,8H2,1-2H3/b7-4+. The second kappa shape index (κ2) is 5.40. The highest BCUT2D eigenvalue weighted by Gasteiger charge is 2.16. The van der Waals surface area contributed by atoms with Gasteiger partial charge in [0.15, 0.2) is 5.12 Å². The predicted octanol–water partition coefficient (Wildman–Crippen LogP) is 2.35. The summed E-state index contributed by atoms with van der Waals surface area (Å²) in [4.78, 5) is 25.4. The van der Waals surface area contributed by atoms with E-state index in [4.69, 9.17) is 0 Å². The molecule has 1 amide bonds. The van der Waals surface area contributed by atoms with Gasteiger partial charge in [-0.05, 0) is 29.7 Å². The fourth-order valence-corrected chi connectivity index (χ4v) is 2.65. The van der Waals surface area contributed by atoms with Crippen molar-refractivity contribution in [2.45, 2.75) is 17.7 Å². The number of aryl methyl sites for hydroxylation is 1. The molecule has 0 fully saturated rings. The summed E-state index contributed by atoms with van der Waals surface area (Å²) in [5.41, 5.74) is 2.17. The number of carbonyl (C=O) groups is 2. The number of likely N-dealkylation sites (N-methyl/N-ethyl adjacent to an activating group) is 1. The van der Waals surface area contributed by atoms with Crippen LogP contribution in [0.4, 0.5) is 0 Å². The quantitative estimate of drug-likeness (QED) is 0.767. The molecule has 2 rings (SSSR count). The number of hydrogen-bond acceptors (Lipinski definition) is 3. The predicted molar refractivity (Wildman–Crippen MR) is 73.4 cm³/mol. The molecule has 1 aromatic rings. The lowest BCUT2D eigenvalue weighted by atomic mass is 10.1. The largest absolute Gasteiger partial charge is 0.345 e. The molecule has 3 nitrogen and oxygen atoms in total. The lowest BCUT2D eigenvalue weighted by molar-refractivity contribution is -0.123. The van der Waals surface area contributed by atoms with Gasteiger partial charge in [-0.1, -0.05) is 23.9 Å². The molecule has 0 atom stereocenters. The Hall–Kier alpha value is -1.55. The van der Waals surface area contributed by atoms with Crippen LogP contribution in [0.2, 0.25) is 0 Å². The summed E-state index contributed by atoms with van der Waals surface area (Å²) in [6.07, 6.45) is 4.76. The molecule has 0 saturated heterocycles. The topological polar surface area (TPSA) is 37.4 Å². The molecule has 18 heavy (non-hydrogen) atoms. The molecule has 0 saturated carbocycles. The van der Waals surface area contributed by atoms with Gasteiger partial charge in [-0.25, -0.2) is 0 Å². The summed E-state index contributed by atoms with van der Waals surface area (Å²) in [7, 11) is 3.43. The van der Waals surface area contributed by atoms with Crippen molar-refractivity contribution in [1.29, 1.82) is 0 Å². The number of fused-ring (bicyclic) bond motifs is 1. The normalized spacial score (nSPS) is 14.7. The zero-order valence-electron chi connectivity index (χ0n) is 10.5. The smallest absolute Gasteiger partial charge is 0.246 e. The van der Waals surface area contributed by atoms with E-state index in [1.54, 1.807) is 20.2 Å². The first-order chi connectivity index (χ1) is 8.56. The SMILES string of the molecule is CN(C)C(=O)/C=C/c1ccc2c(c1)SC(=O)CC2. The van der Waals surface area contributed by atoms with Crippen molar-refractivity contribution in [2.24, 2.45) is 0 Å². The van der Waals surface area contributed by atoms with Gasteiger partial charge < -0.3 is 4.90 Å². The van der Waals surface area contributed by atoms with Gasteiger partial charge in [0, 0.05) is 31.5 Å². The van der Waals surface area contributed by atoms with E-state index in [1.807, 2.05) is 18.2 Å². The number of hydrogen-bond donors (Lipinski definition) is 0. The minimum atomic E-state index is -0.0450. The van der Waals surface area contributed by atoms with Crippen LogP contribution in [0.15, 0.2) is 29.2 Å². The Labute approximate surface area is 111 Å². The Balaban J connectivity index is 2.18. The van der Waals surface area contributed by atoms with Crippen molar-refractivity contribution in [3.63, 3.8) is 0 Å². The Morgan fingerprint density at radius 1 is 1.33 bits per heavy atom. The lowest BCUT2D eigenvalue weighted by Crippen LogP contribution is -2.18. The van der Waals surface area contributed by atoms with Gasteiger partial charge in [-0.3, -0.25) is 9.59 Å². The van der Waals surface area contributed by atoms with Gasteiger partial charge in [0.05, 0.1) is 0 Å². The third kappa shape index (κ3) is 3.01. The highest BCUT2D eigenvalue weighted by molar-refractivity contribution is 8.13. The molecule has 0 aromatic heterocycles. The van der Waals surface area contributed by atoms with Crippen molar-refractivity contribution in [1.82, 2.24) is 4.90 Å². The summed E-state index contributed by atoms with van der Waals surface area (Å²) >= 11 is 1.30. The van der Waals surface area contributed by atoms with Gasteiger partial charge in [-0.15, -0.1) is 0 Å². The number of carbonyl (C=O) groups excluding carboxylic acids is 2. The average molecular weight is 261 g/mol. The third-order valence-electron chi connectivity index (χ3n) is 2.77. The Morgan fingerprint density at radius 2 is 2.11 bits per heavy atom. The summed E-state index contributed by atoms with van der Waals surface area (Å²) in [6.45, 7) is 0. The Kier molecular flexibility index (Phi) is 3.87. The van der Waals surface area contributed by atoms with Crippen molar-refractivity contribution in [3.05, 3.63) is 35.4 Å². The van der Waals surface area contributed by atoms with Gasteiger partial charge >= 0.3 is 0 Å². The molecular weight excluding hydrogens is 246 g/mol. The molecule has 0 unspecified atom stereocenters. The van der Waals surface area contributed by atoms with Gasteiger partial charge in [-0.2, -0.15) is 0 Å². The van der Waals surface area contributed by atoms with Crippen LogP contribution in [0.1, 0.15) is 17.5 Å². The number of amides is 1. The second-order valence-electron chi connectivity index (χ2n) is 4.41. The highest BCUT2D eigenvalue weighted by Crippen LogP contribution is 2.32. The lowest BCUT2D eigenvalue weighted by Gasteiger charge is -2.14. The molecule has 4 heteroatoms. The second-order valence-corrected chi connectivity index (χ2v) is 5.51. The highest BCUT2D eigenvalue weighted by atomic mass is 32.2. The zero-order chi connectivity index (χ0) is 13.1. The van der Waals surface area contributed by atoms with Crippen LogP contribution >= 0.6 is 11.8 Å². The van der Waals surface area contributed by atoms with Gasteiger partial charge in [0.2, 0.25) is 5.91 Å². The van der Waals surface area contributed by atoms with Crippen LogP contribution < -0.4 is 0 Å². The van der Waals surface area contributed by atoms with Crippen LogP contribution in [0.5, 0.6) is 0 Å². The van der Waals surface area contributed by atoms with Crippen LogP contribution in [0, 0.1) is 0 Å². The fourth-order valence-electron chi connectivity index (χ4n) is 1.70. The Morgan fingerprint density at radius 3 is 2.83 bits per heavy atom. The van der Waals surface area contributed by atoms with E-state index in [0.29, 0.717) is 6.42 Å². The van der Waals surface area contributed by atoms with E-state index < -0.39 is 0 Å². The molecule has 0 radical (unpaired) electrons. The first kappa shape index (κ1) is 12.9. The van der Waals surface area contributed by atoms with Crippen LogP contribution in [-0.2, 0) is 16.0 Å². The maximum Gasteiger partial charge on any atom is 0.246 e. The minimum Gasteiger partial charge on any atom is -0.345 e. The van der Waals surface area contributed by atoms with Crippen LogP contribution in [0.3, 0.4) is 0 Å². The number of thioether (sulfide) groups is 1. The van der Waals surface area contributed by atoms with Crippen molar-refractivity contribution < 1.29 is 9.59 Å². The van der Waals surface area contributed by atoms with Crippen LogP contribution in [-0.4, -0.2) is 30.0 Å². The first-order valence-electron chi connectivity index (χ1n) is 5.79. The number of rotatable bonds is 2. The monoisotopic (exact) mass is 261 g/mol. The number of benzene rings is 1. The summed E-state index contributed by atoms with van der Waals surface area (Å²) in [5, 5.41) is 0.216. The molecule has 0 bridgehead atoms. The van der Waals surface area contributed by atoms with E-state index in [2.05, 4.69) is 0 Å². The van der Waals surface area contributed by atoms with Crippen molar-refractivity contribution >= 4 is 28.9 Å². The van der Waals surface area contributed by atoms with Crippen LogP contribution in [0.25, 0.3) is 6.08 Å². The Bertz CT molecular complexity index is 521. The molecular formula is C14H15NO2S. The average Bonchev–Trinajstić information content (AvgIpc) is 2.35. The van der Waals surface area contributed by atoms with Crippen molar-refractivity contribution in [2.75, 3.05) is 14.1 Å². The van der Waals surface area contributed by atoms with E-state index in [9.17, 15) is 9.59 Å². The molecule has 1 aliphatic rings. The number of nitrogens with zero attached hydrogens (tertiary/aromatic N) is 1. The molecule has 0 spiro atoms. The summed E-state index contributed by atoms with van der Waals surface area (Å²) < 4.78 is 0. The fraction of sp³-hybridized carbons (Fsp3) is 0.286. The maximum absolute atomic E-state index is 11.4. The van der Waals surface area contributed by atoms with E-state index in [1.165, 1.54) is 28.3 Å². The summed E-state index contributed by atoms with van der Waals surface area (Å²) in [6, 6.07) is 5.99.